The van der Waals surface area contributed by atoms with Crippen molar-refractivity contribution in [3.8, 4) is 0 Å². The van der Waals surface area contributed by atoms with E-state index in [9.17, 15) is 4.39 Å². The smallest absolute Gasteiger partial charge is 0.146 e. The summed E-state index contributed by atoms with van der Waals surface area (Å²) in [7, 11) is 0. The highest BCUT2D eigenvalue weighted by atomic mass is 19.1. The van der Waals surface area contributed by atoms with E-state index in [1.54, 1.807) is 6.07 Å². The number of anilines is 1. The zero-order valence-corrected chi connectivity index (χ0v) is 14.9. The third-order valence-electron chi connectivity index (χ3n) is 5.51. The molecule has 2 nitrogen and oxygen atoms in total. The van der Waals surface area contributed by atoms with Gasteiger partial charge in [-0.15, -0.1) is 0 Å². The molecule has 1 aromatic rings. The predicted molar refractivity (Wildman–Crippen MR) is 95.8 cm³/mol. The van der Waals surface area contributed by atoms with Crippen molar-refractivity contribution in [1.82, 2.24) is 4.90 Å². The Labute approximate surface area is 140 Å². The van der Waals surface area contributed by atoms with Crippen molar-refractivity contribution < 1.29 is 4.39 Å². The van der Waals surface area contributed by atoms with Gasteiger partial charge < -0.3 is 9.80 Å². The number of hydrogen-bond donors (Lipinski definition) is 0. The number of nitrogens with zero attached hydrogens (tertiary/aromatic N) is 2. The van der Waals surface area contributed by atoms with Gasteiger partial charge in [0.15, 0.2) is 0 Å². The molecule has 2 aliphatic rings. The number of likely N-dealkylation sites (tertiary alicyclic amines) is 1. The quantitative estimate of drug-likeness (QED) is 0.787. The molecule has 0 spiro atoms. The Hall–Kier alpha value is -1.09. The van der Waals surface area contributed by atoms with Crippen LogP contribution in [0, 0.1) is 5.82 Å². The first kappa shape index (κ1) is 16.8. The number of hydrogen-bond acceptors (Lipinski definition) is 2. The molecule has 0 saturated carbocycles. The molecule has 3 heteroatoms. The van der Waals surface area contributed by atoms with Gasteiger partial charge in [-0.1, -0.05) is 26.8 Å². The minimum atomic E-state index is -0.0583. The Morgan fingerprint density at radius 3 is 2.35 bits per heavy atom. The number of halogens is 1. The van der Waals surface area contributed by atoms with Gasteiger partial charge in [0, 0.05) is 19.1 Å². The maximum Gasteiger partial charge on any atom is 0.146 e. The molecule has 2 fully saturated rings. The molecule has 1 aromatic carbocycles. The standard InChI is InChI=1S/C20H31FN2/c1-20(2,3)16-8-9-19(18(21)15-16)23-13-6-7-17(10-14-23)22-11-4-5-12-22/h8-9,15,17H,4-7,10-14H2,1-3H3. The van der Waals surface area contributed by atoms with E-state index in [2.05, 4.69) is 36.6 Å². The molecule has 2 heterocycles. The maximum absolute atomic E-state index is 14.6. The Morgan fingerprint density at radius 1 is 0.957 bits per heavy atom. The van der Waals surface area contributed by atoms with Crippen molar-refractivity contribution >= 4 is 5.69 Å². The Morgan fingerprint density at radius 2 is 1.70 bits per heavy atom. The fourth-order valence-corrected chi connectivity index (χ4v) is 4.02. The fourth-order valence-electron chi connectivity index (χ4n) is 4.02. The van der Waals surface area contributed by atoms with Gasteiger partial charge in [0.1, 0.15) is 5.82 Å². The van der Waals surface area contributed by atoms with Crippen molar-refractivity contribution in [3.63, 3.8) is 0 Å². The Balaban J connectivity index is 1.69. The summed E-state index contributed by atoms with van der Waals surface area (Å²) in [6, 6.07) is 6.53. The molecule has 0 radical (unpaired) electrons. The lowest BCUT2D eigenvalue weighted by Gasteiger charge is -2.27. The topological polar surface area (TPSA) is 6.48 Å². The predicted octanol–water partition coefficient (Wildman–Crippen LogP) is 4.58. The monoisotopic (exact) mass is 318 g/mol. The summed E-state index contributed by atoms with van der Waals surface area (Å²) in [6.45, 7) is 10.9. The summed E-state index contributed by atoms with van der Waals surface area (Å²) in [6.07, 6.45) is 6.30. The van der Waals surface area contributed by atoms with Gasteiger partial charge in [0.2, 0.25) is 0 Å². The zero-order chi connectivity index (χ0) is 16.4. The minimum Gasteiger partial charge on any atom is -0.369 e. The van der Waals surface area contributed by atoms with E-state index in [0.29, 0.717) is 6.04 Å². The molecule has 128 valence electrons. The van der Waals surface area contributed by atoms with Crippen LogP contribution in [-0.4, -0.2) is 37.1 Å². The lowest BCUT2D eigenvalue weighted by Crippen LogP contribution is -2.34. The van der Waals surface area contributed by atoms with Crippen LogP contribution in [0.1, 0.15) is 58.4 Å². The highest BCUT2D eigenvalue weighted by molar-refractivity contribution is 5.50. The van der Waals surface area contributed by atoms with E-state index >= 15 is 0 Å². The summed E-state index contributed by atoms with van der Waals surface area (Å²) in [5, 5.41) is 0. The Bertz CT molecular complexity index is 529. The highest BCUT2D eigenvalue weighted by Crippen LogP contribution is 2.30. The third-order valence-corrected chi connectivity index (χ3v) is 5.51. The normalized spacial score (nSPS) is 24.0. The van der Waals surface area contributed by atoms with Gasteiger partial charge in [-0.05, 0) is 68.3 Å². The molecule has 0 aliphatic carbocycles. The van der Waals surface area contributed by atoms with Crippen molar-refractivity contribution in [2.75, 3.05) is 31.1 Å². The summed E-state index contributed by atoms with van der Waals surface area (Å²) >= 11 is 0. The van der Waals surface area contributed by atoms with Crippen LogP contribution in [0.2, 0.25) is 0 Å². The van der Waals surface area contributed by atoms with E-state index < -0.39 is 0 Å². The summed E-state index contributed by atoms with van der Waals surface area (Å²) < 4.78 is 14.6. The molecule has 2 saturated heterocycles. The molecule has 0 N–H and O–H groups in total. The molecule has 1 unspecified atom stereocenters. The first-order valence-corrected chi connectivity index (χ1v) is 9.24. The molecule has 23 heavy (non-hydrogen) atoms. The van der Waals surface area contributed by atoms with Crippen molar-refractivity contribution in [1.29, 1.82) is 0 Å². The summed E-state index contributed by atoms with van der Waals surface area (Å²) in [5.41, 5.74) is 1.86. The second-order valence-electron chi connectivity index (χ2n) is 8.23. The average molecular weight is 318 g/mol. The molecule has 1 atom stereocenters. The van der Waals surface area contributed by atoms with Crippen LogP contribution in [0.3, 0.4) is 0 Å². The zero-order valence-electron chi connectivity index (χ0n) is 14.9. The first-order valence-electron chi connectivity index (χ1n) is 9.24. The van der Waals surface area contributed by atoms with Gasteiger partial charge in [-0.3, -0.25) is 0 Å². The molecular weight excluding hydrogens is 287 g/mol. The molecular formula is C20H31FN2. The van der Waals surface area contributed by atoms with Crippen molar-refractivity contribution in [3.05, 3.63) is 29.6 Å². The molecule has 0 aromatic heterocycles. The van der Waals surface area contributed by atoms with Gasteiger partial charge in [0.25, 0.3) is 0 Å². The van der Waals surface area contributed by atoms with Crippen LogP contribution in [-0.2, 0) is 5.41 Å². The van der Waals surface area contributed by atoms with Crippen LogP contribution in [0.25, 0.3) is 0 Å². The SMILES string of the molecule is CC(C)(C)c1ccc(N2CCCC(N3CCCC3)CC2)c(F)c1. The van der Waals surface area contributed by atoms with Crippen molar-refractivity contribution in [2.45, 2.75) is 64.3 Å². The van der Waals surface area contributed by atoms with E-state index in [4.69, 9.17) is 0 Å². The third kappa shape index (κ3) is 3.88. The van der Waals surface area contributed by atoms with Gasteiger partial charge in [-0.25, -0.2) is 4.39 Å². The van der Waals surface area contributed by atoms with E-state index in [-0.39, 0.29) is 11.2 Å². The van der Waals surface area contributed by atoms with E-state index in [1.165, 1.54) is 45.2 Å². The summed E-state index contributed by atoms with van der Waals surface area (Å²) in [5.74, 6) is -0.0583. The lowest BCUT2D eigenvalue weighted by molar-refractivity contribution is 0.225. The van der Waals surface area contributed by atoms with E-state index in [1.807, 2.05) is 6.07 Å². The van der Waals surface area contributed by atoms with Crippen LogP contribution in [0.4, 0.5) is 10.1 Å². The first-order chi connectivity index (χ1) is 10.9. The largest absolute Gasteiger partial charge is 0.369 e. The second kappa shape index (κ2) is 6.80. The number of rotatable bonds is 2. The minimum absolute atomic E-state index is 0.000986. The maximum atomic E-state index is 14.6. The lowest BCUT2D eigenvalue weighted by atomic mass is 9.87. The second-order valence-corrected chi connectivity index (χ2v) is 8.23. The fraction of sp³-hybridized carbons (Fsp3) is 0.700. The van der Waals surface area contributed by atoms with Crippen molar-refractivity contribution in [2.24, 2.45) is 0 Å². The molecule has 3 rings (SSSR count). The van der Waals surface area contributed by atoms with Crippen LogP contribution < -0.4 is 4.90 Å². The van der Waals surface area contributed by atoms with Gasteiger partial charge >= 0.3 is 0 Å². The Kier molecular flexibility index (Phi) is 4.96. The molecule has 2 aliphatic heterocycles. The highest BCUT2D eigenvalue weighted by Gasteiger charge is 2.26. The number of benzene rings is 1. The van der Waals surface area contributed by atoms with Gasteiger partial charge in [0.05, 0.1) is 5.69 Å². The van der Waals surface area contributed by atoms with Gasteiger partial charge in [-0.2, -0.15) is 0 Å². The van der Waals surface area contributed by atoms with Crippen LogP contribution >= 0.6 is 0 Å². The van der Waals surface area contributed by atoms with E-state index in [0.717, 1.165) is 24.3 Å². The summed E-state index contributed by atoms with van der Waals surface area (Å²) in [4.78, 5) is 4.92. The average Bonchev–Trinajstić information content (AvgIpc) is 2.92. The molecule has 0 amide bonds. The molecule has 0 bridgehead atoms. The van der Waals surface area contributed by atoms with Crippen LogP contribution in [0.5, 0.6) is 0 Å². The van der Waals surface area contributed by atoms with Crippen LogP contribution in [0.15, 0.2) is 18.2 Å².